The smallest absolute Gasteiger partial charge is 0.146 e. The highest BCUT2D eigenvalue weighted by Crippen LogP contribution is 2.30. The van der Waals surface area contributed by atoms with Crippen LogP contribution in [0.2, 0.25) is 5.02 Å². The first-order valence-electron chi connectivity index (χ1n) is 5.53. The Kier molecular flexibility index (Phi) is 4.53. The topological polar surface area (TPSA) is 35.2 Å². The Labute approximate surface area is 116 Å². The molecule has 4 heteroatoms. The minimum Gasteiger partial charge on any atom is -0.456 e. The molecule has 0 atom stereocenters. The van der Waals surface area contributed by atoms with Crippen molar-refractivity contribution < 1.29 is 4.74 Å². The molecule has 2 nitrogen and oxygen atoms in total. The van der Waals surface area contributed by atoms with E-state index < -0.39 is 0 Å². The summed E-state index contributed by atoms with van der Waals surface area (Å²) in [6.45, 7) is 0.475. The van der Waals surface area contributed by atoms with E-state index in [9.17, 15) is 0 Å². The van der Waals surface area contributed by atoms with Crippen LogP contribution in [0.3, 0.4) is 0 Å². The number of benzene rings is 2. The lowest BCUT2D eigenvalue weighted by Crippen LogP contribution is -1.96. The fraction of sp³-hybridized carbons (Fsp3) is 0.143. The molecule has 0 aromatic heterocycles. The Bertz CT molecular complexity index is 528. The van der Waals surface area contributed by atoms with Gasteiger partial charge in [-0.1, -0.05) is 17.7 Å². The summed E-state index contributed by atoms with van der Waals surface area (Å²) >= 11 is 7.83. The van der Waals surface area contributed by atoms with E-state index in [4.69, 9.17) is 22.1 Å². The Morgan fingerprint density at radius 1 is 1.17 bits per heavy atom. The normalized spacial score (nSPS) is 10.4. The molecule has 2 aromatic carbocycles. The zero-order valence-corrected chi connectivity index (χ0v) is 11.6. The molecule has 0 fully saturated rings. The van der Waals surface area contributed by atoms with E-state index in [-0.39, 0.29) is 0 Å². The van der Waals surface area contributed by atoms with E-state index in [1.54, 1.807) is 11.8 Å². The highest BCUT2D eigenvalue weighted by atomic mass is 35.5. The summed E-state index contributed by atoms with van der Waals surface area (Å²) in [5.74, 6) is 1.42. The van der Waals surface area contributed by atoms with Gasteiger partial charge in [0.25, 0.3) is 0 Å². The molecule has 0 heterocycles. The van der Waals surface area contributed by atoms with Crippen LogP contribution in [-0.2, 0) is 6.54 Å². The predicted octanol–water partition coefficient (Wildman–Crippen LogP) is 4.31. The molecule has 0 radical (unpaired) electrons. The maximum atomic E-state index is 6.13. The molecule has 2 aromatic rings. The zero-order chi connectivity index (χ0) is 13.0. The van der Waals surface area contributed by atoms with Crippen molar-refractivity contribution in [1.29, 1.82) is 0 Å². The second-order valence-corrected chi connectivity index (χ2v) is 5.03. The van der Waals surface area contributed by atoms with E-state index in [0.29, 0.717) is 17.3 Å². The van der Waals surface area contributed by atoms with Gasteiger partial charge in [0.15, 0.2) is 0 Å². The lowest BCUT2D eigenvalue weighted by molar-refractivity contribution is 0.482. The van der Waals surface area contributed by atoms with Gasteiger partial charge in [-0.15, -0.1) is 11.8 Å². The van der Waals surface area contributed by atoms with Gasteiger partial charge in [0, 0.05) is 11.4 Å². The number of thioether (sulfide) groups is 1. The summed E-state index contributed by atoms with van der Waals surface area (Å²) in [6.07, 6.45) is 2.04. The fourth-order valence-corrected chi connectivity index (χ4v) is 2.17. The molecule has 2 N–H and O–H groups in total. The van der Waals surface area contributed by atoms with Gasteiger partial charge in [-0.25, -0.2) is 0 Å². The molecule has 18 heavy (non-hydrogen) atoms. The third-order valence-electron chi connectivity index (χ3n) is 2.52. The van der Waals surface area contributed by atoms with Gasteiger partial charge in [0.1, 0.15) is 11.5 Å². The Hall–Kier alpha value is -1.16. The molecule has 2 rings (SSSR count). The van der Waals surface area contributed by atoms with Crippen LogP contribution < -0.4 is 10.5 Å². The Morgan fingerprint density at radius 2 is 1.89 bits per heavy atom. The summed E-state index contributed by atoms with van der Waals surface area (Å²) in [5, 5.41) is 0.576. The summed E-state index contributed by atoms with van der Waals surface area (Å²) in [5.41, 5.74) is 6.54. The van der Waals surface area contributed by atoms with E-state index >= 15 is 0 Å². The van der Waals surface area contributed by atoms with Gasteiger partial charge in [0.05, 0.1) is 5.02 Å². The van der Waals surface area contributed by atoms with E-state index in [2.05, 4.69) is 0 Å². The van der Waals surface area contributed by atoms with Crippen molar-refractivity contribution in [1.82, 2.24) is 0 Å². The second-order valence-electron chi connectivity index (χ2n) is 3.75. The lowest BCUT2D eigenvalue weighted by atomic mass is 10.2. The van der Waals surface area contributed by atoms with E-state index in [1.807, 2.05) is 48.7 Å². The Morgan fingerprint density at radius 3 is 2.44 bits per heavy atom. The number of halogens is 1. The van der Waals surface area contributed by atoms with Crippen LogP contribution in [0.4, 0.5) is 0 Å². The summed E-state index contributed by atoms with van der Waals surface area (Å²) in [4.78, 5) is 1.20. The quantitative estimate of drug-likeness (QED) is 0.847. The van der Waals surface area contributed by atoms with Crippen molar-refractivity contribution in [3.63, 3.8) is 0 Å². The molecule has 0 aliphatic heterocycles. The first-order chi connectivity index (χ1) is 8.72. The minimum atomic E-state index is 0.475. The third kappa shape index (κ3) is 3.19. The van der Waals surface area contributed by atoms with Gasteiger partial charge in [-0.05, 0) is 48.2 Å². The molecule has 0 saturated carbocycles. The SMILES string of the molecule is CSc1ccc(Oc2ccc(CN)cc2Cl)cc1. The van der Waals surface area contributed by atoms with Gasteiger partial charge in [-0.3, -0.25) is 0 Å². The molecule has 0 bridgehead atoms. The number of ether oxygens (including phenoxy) is 1. The van der Waals surface area contributed by atoms with Gasteiger partial charge >= 0.3 is 0 Å². The number of hydrogen-bond acceptors (Lipinski definition) is 3. The average Bonchev–Trinajstić information content (AvgIpc) is 2.42. The lowest BCUT2D eigenvalue weighted by Gasteiger charge is -2.09. The number of rotatable bonds is 4. The first-order valence-corrected chi connectivity index (χ1v) is 7.13. The van der Waals surface area contributed by atoms with Crippen LogP contribution >= 0.6 is 23.4 Å². The van der Waals surface area contributed by atoms with Crippen molar-refractivity contribution in [2.75, 3.05) is 6.26 Å². The van der Waals surface area contributed by atoms with E-state index in [0.717, 1.165) is 11.3 Å². The maximum absolute atomic E-state index is 6.13. The van der Waals surface area contributed by atoms with Crippen LogP contribution in [-0.4, -0.2) is 6.26 Å². The molecule has 0 aliphatic carbocycles. The molecular formula is C14H14ClNOS. The monoisotopic (exact) mass is 279 g/mol. The van der Waals surface area contributed by atoms with E-state index in [1.165, 1.54) is 4.90 Å². The first kappa shape index (κ1) is 13.3. The molecule has 0 amide bonds. The van der Waals surface area contributed by atoms with Crippen molar-refractivity contribution >= 4 is 23.4 Å². The van der Waals surface area contributed by atoms with Crippen molar-refractivity contribution in [3.8, 4) is 11.5 Å². The highest BCUT2D eigenvalue weighted by Gasteiger charge is 2.04. The van der Waals surface area contributed by atoms with Crippen molar-refractivity contribution in [2.45, 2.75) is 11.4 Å². The molecule has 0 unspecified atom stereocenters. The van der Waals surface area contributed by atoms with Crippen molar-refractivity contribution in [2.24, 2.45) is 5.73 Å². The largest absolute Gasteiger partial charge is 0.456 e. The van der Waals surface area contributed by atoms with Crippen LogP contribution in [0.1, 0.15) is 5.56 Å². The van der Waals surface area contributed by atoms with Crippen molar-refractivity contribution in [3.05, 3.63) is 53.1 Å². The van der Waals surface area contributed by atoms with Crippen LogP contribution in [0.25, 0.3) is 0 Å². The Balaban J connectivity index is 2.17. The highest BCUT2D eigenvalue weighted by molar-refractivity contribution is 7.98. The standard InChI is InChI=1S/C14H14ClNOS/c1-18-12-5-3-11(4-6-12)17-14-7-2-10(9-16)8-13(14)15/h2-8H,9,16H2,1H3. The van der Waals surface area contributed by atoms with Gasteiger partial charge < -0.3 is 10.5 Å². The van der Waals surface area contributed by atoms with Crippen LogP contribution in [0.5, 0.6) is 11.5 Å². The predicted molar refractivity (Wildman–Crippen MR) is 77.6 cm³/mol. The molecule has 0 spiro atoms. The number of hydrogen-bond donors (Lipinski definition) is 1. The number of nitrogens with two attached hydrogens (primary N) is 1. The van der Waals surface area contributed by atoms with Crippen LogP contribution in [0, 0.1) is 0 Å². The molecule has 94 valence electrons. The fourth-order valence-electron chi connectivity index (χ4n) is 1.52. The third-order valence-corrected chi connectivity index (χ3v) is 3.56. The van der Waals surface area contributed by atoms with Crippen LogP contribution in [0.15, 0.2) is 47.4 Å². The summed E-state index contributed by atoms with van der Waals surface area (Å²) in [6, 6.07) is 13.5. The molecule has 0 aliphatic rings. The summed E-state index contributed by atoms with van der Waals surface area (Å²) < 4.78 is 5.73. The molecular weight excluding hydrogens is 266 g/mol. The summed E-state index contributed by atoms with van der Waals surface area (Å²) in [7, 11) is 0. The average molecular weight is 280 g/mol. The van der Waals surface area contributed by atoms with Gasteiger partial charge in [-0.2, -0.15) is 0 Å². The molecule has 0 saturated heterocycles. The van der Waals surface area contributed by atoms with Gasteiger partial charge in [0.2, 0.25) is 0 Å². The maximum Gasteiger partial charge on any atom is 0.146 e. The second kappa shape index (κ2) is 6.14. The zero-order valence-electron chi connectivity index (χ0n) is 10.0. The minimum absolute atomic E-state index is 0.475.